The number of nitrogens with one attached hydrogen (secondary N) is 1. The molecule has 0 aliphatic heterocycles. The molecular weight excluding hydrogens is 290 g/mol. The summed E-state index contributed by atoms with van der Waals surface area (Å²) in [5.74, 6) is 5.17. The highest BCUT2D eigenvalue weighted by Crippen LogP contribution is 2.10. The number of benzene rings is 1. The fraction of sp³-hybridized carbons (Fsp3) is 0.400. The molecule has 1 rings (SSSR count). The highest BCUT2D eigenvalue weighted by atomic mass is 32.2. The van der Waals surface area contributed by atoms with Crippen molar-refractivity contribution in [3.8, 4) is 11.8 Å². The Labute approximate surface area is 125 Å². The molecule has 0 aliphatic carbocycles. The van der Waals surface area contributed by atoms with Crippen LogP contribution in [0.2, 0.25) is 0 Å². The van der Waals surface area contributed by atoms with Crippen LogP contribution in [0.3, 0.4) is 0 Å². The van der Waals surface area contributed by atoms with Crippen LogP contribution in [0.1, 0.15) is 27.9 Å². The quantitative estimate of drug-likeness (QED) is 0.613. The number of hydrogen-bond acceptors (Lipinski definition) is 4. The predicted octanol–water partition coefficient (Wildman–Crippen LogP) is 0.503. The summed E-state index contributed by atoms with van der Waals surface area (Å²) in [6, 6.07) is 5.09. The smallest absolute Gasteiger partial charge is 0.251 e. The Morgan fingerprint density at radius 1 is 1.38 bits per heavy atom. The first-order valence-corrected chi connectivity index (χ1v) is 8.56. The molecule has 0 bridgehead atoms. The third-order valence-electron chi connectivity index (χ3n) is 2.77. The fourth-order valence-corrected chi connectivity index (χ4v) is 2.39. The van der Waals surface area contributed by atoms with Gasteiger partial charge in [0, 0.05) is 23.9 Å². The SMILES string of the molecule is Cc1cc(C(=O)NCCCS(C)(=O)=O)ccc1C#CCO. The van der Waals surface area contributed by atoms with Crippen LogP contribution in [0, 0.1) is 18.8 Å². The second-order valence-corrected chi connectivity index (χ2v) is 6.99. The molecule has 21 heavy (non-hydrogen) atoms. The Morgan fingerprint density at radius 2 is 2.10 bits per heavy atom. The Bertz CT molecular complexity index is 669. The van der Waals surface area contributed by atoms with E-state index in [0.29, 0.717) is 18.5 Å². The number of aryl methyl sites for hydroxylation is 1. The summed E-state index contributed by atoms with van der Waals surface area (Å²) in [5, 5.41) is 11.3. The van der Waals surface area contributed by atoms with E-state index in [1.807, 2.05) is 6.92 Å². The Hall–Kier alpha value is -1.84. The molecule has 0 atom stereocenters. The van der Waals surface area contributed by atoms with E-state index < -0.39 is 9.84 Å². The number of aliphatic hydroxyl groups excluding tert-OH is 1. The van der Waals surface area contributed by atoms with E-state index in [1.165, 1.54) is 6.26 Å². The molecule has 0 unspecified atom stereocenters. The molecule has 5 nitrogen and oxygen atoms in total. The third-order valence-corrected chi connectivity index (χ3v) is 3.80. The minimum atomic E-state index is -2.99. The van der Waals surface area contributed by atoms with E-state index in [2.05, 4.69) is 17.2 Å². The molecule has 1 aromatic rings. The number of carbonyl (C=O) groups excluding carboxylic acids is 1. The van der Waals surface area contributed by atoms with Crippen LogP contribution < -0.4 is 5.32 Å². The summed E-state index contributed by atoms with van der Waals surface area (Å²) in [7, 11) is -2.99. The average molecular weight is 309 g/mol. The van der Waals surface area contributed by atoms with Crippen molar-refractivity contribution in [2.45, 2.75) is 13.3 Å². The molecule has 114 valence electrons. The summed E-state index contributed by atoms with van der Waals surface area (Å²) >= 11 is 0. The van der Waals surface area contributed by atoms with E-state index >= 15 is 0 Å². The maximum atomic E-state index is 11.9. The fourth-order valence-electron chi connectivity index (χ4n) is 1.72. The maximum absolute atomic E-state index is 11.9. The Kier molecular flexibility index (Phi) is 6.40. The van der Waals surface area contributed by atoms with Gasteiger partial charge in [-0.25, -0.2) is 8.42 Å². The van der Waals surface area contributed by atoms with Gasteiger partial charge in [0.15, 0.2) is 0 Å². The molecule has 0 radical (unpaired) electrons. The lowest BCUT2D eigenvalue weighted by Gasteiger charge is -2.06. The van der Waals surface area contributed by atoms with E-state index in [4.69, 9.17) is 5.11 Å². The van der Waals surface area contributed by atoms with Gasteiger partial charge in [0.2, 0.25) is 0 Å². The molecular formula is C15H19NO4S. The minimum absolute atomic E-state index is 0.0575. The molecule has 0 heterocycles. The van der Waals surface area contributed by atoms with Gasteiger partial charge in [0.05, 0.1) is 5.75 Å². The van der Waals surface area contributed by atoms with Crippen LogP contribution in [0.25, 0.3) is 0 Å². The summed E-state index contributed by atoms with van der Waals surface area (Å²) in [6.45, 7) is 1.95. The first kappa shape index (κ1) is 17.2. The number of amides is 1. The predicted molar refractivity (Wildman–Crippen MR) is 81.8 cm³/mol. The molecule has 0 aromatic heterocycles. The van der Waals surface area contributed by atoms with Crippen molar-refractivity contribution in [3.63, 3.8) is 0 Å². The molecule has 1 amide bonds. The lowest BCUT2D eigenvalue weighted by molar-refractivity contribution is 0.0953. The van der Waals surface area contributed by atoms with Gasteiger partial charge < -0.3 is 10.4 Å². The van der Waals surface area contributed by atoms with E-state index in [9.17, 15) is 13.2 Å². The van der Waals surface area contributed by atoms with Gasteiger partial charge in [-0.2, -0.15) is 0 Å². The number of carbonyl (C=O) groups is 1. The van der Waals surface area contributed by atoms with Gasteiger partial charge in [0.25, 0.3) is 5.91 Å². The normalized spacial score (nSPS) is 10.6. The zero-order valence-corrected chi connectivity index (χ0v) is 13.0. The number of rotatable bonds is 5. The maximum Gasteiger partial charge on any atom is 0.251 e. The van der Waals surface area contributed by atoms with Gasteiger partial charge in [-0.05, 0) is 37.1 Å². The van der Waals surface area contributed by atoms with Crippen LogP contribution in [-0.4, -0.2) is 44.6 Å². The van der Waals surface area contributed by atoms with Gasteiger partial charge in [-0.1, -0.05) is 11.8 Å². The molecule has 1 aromatic carbocycles. The summed E-state index contributed by atoms with van der Waals surface area (Å²) < 4.78 is 21.9. The summed E-state index contributed by atoms with van der Waals surface area (Å²) in [6.07, 6.45) is 1.56. The van der Waals surface area contributed by atoms with Gasteiger partial charge >= 0.3 is 0 Å². The average Bonchev–Trinajstić information content (AvgIpc) is 2.41. The number of hydrogen-bond donors (Lipinski definition) is 2. The first-order chi connectivity index (χ1) is 9.83. The molecule has 0 aliphatic rings. The van der Waals surface area contributed by atoms with E-state index in [-0.39, 0.29) is 18.3 Å². The second-order valence-electron chi connectivity index (χ2n) is 4.73. The largest absolute Gasteiger partial charge is 0.384 e. The van der Waals surface area contributed by atoms with Crippen molar-refractivity contribution in [1.82, 2.24) is 5.32 Å². The lowest BCUT2D eigenvalue weighted by atomic mass is 10.0. The first-order valence-electron chi connectivity index (χ1n) is 6.50. The summed E-state index contributed by atoms with van der Waals surface area (Å²) in [5.41, 5.74) is 2.11. The van der Waals surface area contributed by atoms with Crippen molar-refractivity contribution in [2.75, 3.05) is 25.2 Å². The van der Waals surface area contributed by atoms with Crippen molar-refractivity contribution < 1.29 is 18.3 Å². The van der Waals surface area contributed by atoms with Gasteiger partial charge in [-0.15, -0.1) is 0 Å². The summed E-state index contributed by atoms with van der Waals surface area (Å²) in [4.78, 5) is 11.9. The topological polar surface area (TPSA) is 83.5 Å². The molecule has 0 saturated heterocycles. The van der Waals surface area contributed by atoms with Crippen molar-refractivity contribution >= 4 is 15.7 Å². The number of sulfone groups is 1. The van der Waals surface area contributed by atoms with Gasteiger partial charge in [0.1, 0.15) is 16.4 Å². The zero-order chi connectivity index (χ0) is 15.9. The van der Waals surface area contributed by atoms with Crippen LogP contribution in [0.4, 0.5) is 0 Å². The second kappa shape index (κ2) is 7.81. The molecule has 0 saturated carbocycles. The molecule has 6 heteroatoms. The van der Waals surface area contributed by atoms with E-state index in [0.717, 1.165) is 11.1 Å². The Balaban J connectivity index is 2.61. The number of aliphatic hydroxyl groups is 1. The Morgan fingerprint density at radius 3 is 2.67 bits per heavy atom. The lowest BCUT2D eigenvalue weighted by Crippen LogP contribution is -2.25. The molecule has 0 fully saturated rings. The van der Waals surface area contributed by atoms with Crippen molar-refractivity contribution in [1.29, 1.82) is 0 Å². The van der Waals surface area contributed by atoms with Crippen molar-refractivity contribution in [2.24, 2.45) is 0 Å². The molecule has 2 N–H and O–H groups in total. The zero-order valence-electron chi connectivity index (χ0n) is 12.1. The van der Waals surface area contributed by atoms with E-state index in [1.54, 1.807) is 18.2 Å². The standard InChI is InChI=1S/C15H19NO4S/c1-12-11-14(7-6-13(12)5-3-9-17)15(18)16-8-4-10-21(2,19)20/h6-7,11,17H,4,8-10H2,1-2H3,(H,16,18). The highest BCUT2D eigenvalue weighted by molar-refractivity contribution is 7.90. The van der Waals surface area contributed by atoms with Crippen molar-refractivity contribution in [3.05, 3.63) is 34.9 Å². The van der Waals surface area contributed by atoms with Crippen LogP contribution in [0.15, 0.2) is 18.2 Å². The van der Waals surface area contributed by atoms with Gasteiger partial charge in [-0.3, -0.25) is 4.79 Å². The minimum Gasteiger partial charge on any atom is -0.384 e. The third kappa shape index (κ3) is 6.43. The van der Waals surface area contributed by atoms with Crippen LogP contribution in [0.5, 0.6) is 0 Å². The monoisotopic (exact) mass is 309 g/mol. The van der Waals surface area contributed by atoms with Crippen LogP contribution in [-0.2, 0) is 9.84 Å². The van der Waals surface area contributed by atoms with Crippen LogP contribution >= 0.6 is 0 Å². The highest BCUT2D eigenvalue weighted by Gasteiger charge is 2.07. The molecule has 0 spiro atoms.